The standard InChI is InChI=1S/C23H23FN8O2S/c1-12-16(8-26-10-18(12)31-35(2)34)15-5-13-6-19(28-9-17(13)23(25)22(15)24)29-20-7-14-3-4-27-21(33)11-32(14)30-20/h5-10,31H,3-4,11,25H2,1-2H3,(H,27,33)(H,28,29,30). The van der Waals surface area contributed by atoms with Crippen molar-refractivity contribution in [3.63, 3.8) is 0 Å². The van der Waals surface area contributed by atoms with Gasteiger partial charge in [0.2, 0.25) is 5.91 Å². The summed E-state index contributed by atoms with van der Waals surface area (Å²) in [4.78, 5) is 20.3. The monoisotopic (exact) mass is 494 g/mol. The molecule has 0 radical (unpaired) electrons. The molecule has 1 amide bonds. The molecule has 1 aliphatic heterocycles. The van der Waals surface area contributed by atoms with Gasteiger partial charge in [-0.15, -0.1) is 0 Å². The number of benzene rings is 1. The molecule has 10 nitrogen and oxygen atoms in total. The van der Waals surface area contributed by atoms with Crippen LogP contribution < -0.4 is 21.1 Å². The van der Waals surface area contributed by atoms with Gasteiger partial charge < -0.3 is 20.9 Å². The first-order valence-corrected chi connectivity index (χ1v) is 12.4. The summed E-state index contributed by atoms with van der Waals surface area (Å²) < 4.78 is 31.4. The zero-order chi connectivity index (χ0) is 24.7. The Morgan fingerprint density at radius 2 is 2.03 bits per heavy atom. The number of nitrogen functional groups attached to an aromatic ring is 1. The molecule has 12 heteroatoms. The third-order valence-electron chi connectivity index (χ3n) is 5.87. The molecule has 180 valence electrons. The molecule has 3 aromatic heterocycles. The number of nitrogens with zero attached hydrogens (tertiary/aromatic N) is 4. The van der Waals surface area contributed by atoms with E-state index in [0.717, 1.165) is 5.69 Å². The molecule has 0 spiro atoms. The van der Waals surface area contributed by atoms with Gasteiger partial charge in [-0.1, -0.05) is 0 Å². The Morgan fingerprint density at radius 1 is 1.20 bits per heavy atom. The second kappa shape index (κ2) is 9.04. The average Bonchev–Trinajstić information content (AvgIpc) is 3.09. The van der Waals surface area contributed by atoms with E-state index in [0.29, 0.717) is 52.2 Å². The lowest BCUT2D eigenvalue weighted by Crippen LogP contribution is -2.25. The predicted octanol–water partition coefficient (Wildman–Crippen LogP) is 2.64. The van der Waals surface area contributed by atoms with E-state index in [1.54, 1.807) is 36.1 Å². The number of aromatic nitrogens is 4. The second-order valence-corrected chi connectivity index (χ2v) is 9.37. The first-order chi connectivity index (χ1) is 16.8. The second-order valence-electron chi connectivity index (χ2n) is 8.26. The van der Waals surface area contributed by atoms with Crippen LogP contribution >= 0.6 is 0 Å². The summed E-state index contributed by atoms with van der Waals surface area (Å²) in [5, 5.41) is 11.6. The zero-order valence-electron chi connectivity index (χ0n) is 19.1. The van der Waals surface area contributed by atoms with Crippen molar-refractivity contribution in [1.82, 2.24) is 25.1 Å². The van der Waals surface area contributed by atoms with Crippen LogP contribution in [0.4, 0.5) is 27.4 Å². The molecule has 4 aromatic rings. The zero-order valence-corrected chi connectivity index (χ0v) is 19.9. The lowest BCUT2D eigenvalue weighted by atomic mass is 9.97. The Balaban J connectivity index is 1.52. The van der Waals surface area contributed by atoms with E-state index in [1.807, 2.05) is 6.07 Å². The van der Waals surface area contributed by atoms with Crippen molar-refractivity contribution in [3.05, 3.63) is 53.9 Å². The van der Waals surface area contributed by atoms with Crippen LogP contribution in [-0.2, 0) is 29.1 Å². The summed E-state index contributed by atoms with van der Waals surface area (Å²) in [6, 6.07) is 5.33. The molecule has 0 bridgehead atoms. The first-order valence-electron chi connectivity index (χ1n) is 10.8. The number of hydrogen-bond acceptors (Lipinski definition) is 8. The van der Waals surface area contributed by atoms with Crippen molar-refractivity contribution in [3.8, 4) is 11.1 Å². The molecule has 1 aliphatic rings. The lowest BCUT2D eigenvalue weighted by molar-refractivity contribution is -0.121. The van der Waals surface area contributed by atoms with Crippen LogP contribution in [0.2, 0.25) is 0 Å². The molecule has 35 heavy (non-hydrogen) atoms. The maximum atomic E-state index is 15.3. The van der Waals surface area contributed by atoms with E-state index >= 15 is 4.39 Å². The number of anilines is 4. The van der Waals surface area contributed by atoms with Gasteiger partial charge in [0.15, 0.2) is 11.6 Å². The fourth-order valence-electron chi connectivity index (χ4n) is 4.12. The van der Waals surface area contributed by atoms with E-state index in [2.05, 4.69) is 30.4 Å². The Labute approximate surface area is 203 Å². The topological polar surface area (TPSA) is 146 Å². The summed E-state index contributed by atoms with van der Waals surface area (Å²) in [5.74, 6) is 0.402. The van der Waals surface area contributed by atoms with Gasteiger partial charge in [0.25, 0.3) is 0 Å². The fraction of sp³-hybridized carbons (Fsp3) is 0.217. The Bertz CT molecular complexity index is 1460. The highest BCUT2D eigenvalue weighted by atomic mass is 32.2. The molecule has 0 fully saturated rings. The summed E-state index contributed by atoms with van der Waals surface area (Å²) in [6.07, 6.45) is 6.80. The molecule has 1 aromatic carbocycles. The predicted molar refractivity (Wildman–Crippen MR) is 134 cm³/mol. The highest BCUT2D eigenvalue weighted by Gasteiger charge is 2.19. The summed E-state index contributed by atoms with van der Waals surface area (Å²) in [6.45, 7) is 2.52. The van der Waals surface area contributed by atoms with Crippen LogP contribution in [0.5, 0.6) is 0 Å². The van der Waals surface area contributed by atoms with Crippen LogP contribution in [0.1, 0.15) is 11.3 Å². The van der Waals surface area contributed by atoms with Gasteiger partial charge in [0.05, 0.1) is 23.2 Å². The third kappa shape index (κ3) is 4.45. The van der Waals surface area contributed by atoms with Crippen LogP contribution in [-0.4, -0.2) is 43.0 Å². The molecular weight excluding hydrogens is 471 g/mol. The normalized spacial score (nSPS) is 14.2. The van der Waals surface area contributed by atoms with Gasteiger partial charge in [-0.2, -0.15) is 5.10 Å². The minimum absolute atomic E-state index is 0.0203. The van der Waals surface area contributed by atoms with Gasteiger partial charge in [-0.3, -0.25) is 14.5 Å². The number of hydrogen-bond donors (Lipinski definition) is 4. The van der Waals surface area contributed by atoms with Gasteiger partial charge in [0, 0.05) is 53.6 Å². The number of rotatable bonds is 5. The van der Waals surface area contributed by atoms with E-state index in [9.17, 15) is 9.35 Å². The fourth-order valence-corrected chi connectivity index (χ4v) is 4.64. The number of nitrogens with one attached hydrogen (secondary N) is 3. The Kier molecular flexibility index (Phi) is 5.91. The molecule has 5 N–H and O–H groups in total. The molecule has 5 rings (SSSR count). The van der Waals surface area contributed by atoms with E-state index < -0.39 is 17.2 Å². The van der Waals surface area contributed by atoms with Crippen molar-refractivity contribution in [2.75, 3.05) is 28.6 Å². The number of halogens is 1. The molecule has 0 saturated carbocycles. The molecule has 0 saturated heterocycles. The number of nitrogens with two attached hydrogens (primary N) is 1. The lowest BCUT2D eigenvalue weighted by Gasteiger charge is -2.15. The van der Waals surface area contributed by atoms with Crippen LogP contribution in [0.3, 0.4) is 0 Å². The number of carbonyl (C=O) groups is 1. The van der Waals surface area contributed by atoms with Crippen molar-refractivity contribution in [2.45, 2.75) is 19.9 Å². The van der Waals surface area contributed by atoms with Crippen LogP contribution in [0.15, 0.2) is 36.8 Å². The van der Waals surface area contributed by atoms with Crippen molar-refractivity contribution >= 4 is 51.1 Å². The van der Waals surface area contributed by atoms with Gasteiger partial charge >= 0.3 is 0 Å². The van der Waals surface area contributed by atoms with E-state index in [4.69, 9.17) is 5.73 Å². The summed E-state index contributed by atoms with van der Waals surface area (Å²) in [7, 11) is 0. The van der Waals surface area contributed by atoms with Gasteiger partial charge in [-0.25, -0.2) is 14.1 Å². The van der Waals surface area contributed by atoms with E-state index in [1.165, 1.54) is 12.5 Å². The maximum absolute atomic E-state index is 15.3. The minimum atomic E-state index is -1.30. The van der Waals surface area contributed by atoms with Crippen molar-refractivity contribution in [2.24, 2.45) is 0 Å². The van der Waals surface area contributed by atoms with Gasteiger partial charge in [-0.05, 0) is 30.0 Å². The maximum Gasteiger partial charge on any atom is 0.241 e. The molecule has 4 heterocycles. The highest BCUT2D eigenvalue weighted by Crippen LogP contribution is 2.36. The quantitative estimate of drug-likeness (QED) is 0.245. The SMILES string of the molecule is Cc1c(N[S+](C)[O-])cncc1-c1cc2cc(Nc3cc4n(n3)CC(=O)NCC4)ncc2c(N)c1F. The summed E-state index contributed by atoms with van der Waals surface area (Å²) in [5.41, 5.74) is 9.12. The molecule has 1 unspecified atom stereocenters. The number of carbonyl (C=O) groups excluding carboxylic acids is 1. The smallest absolute Gasteiger partial charge is 0.241 e. The van der Waals surface area contributed by atoms with Crippen molar-refractivity contribution in [1.29, 1.82) is 0 Å². The molecule has 1 atom stereocenters. The Morgan fingerprint density at radius 3 is 2.83 bits per heavy atom. The Hall–Kier alpha value is -3.90. The largest absolute Gasteiger partial charge is 0.593 e. The van der Waals surface area contributed by atoms with Crippen molar-refractivity contribution < 1.29 is 13.7 Å². The molecule has 0 aliphatic carbocycles. The number of pyridine rings is 2. The van der Waals surface area contributed by atoms with Crippen LogP contribution in [0, 0.1) is 12.7 Å². The number of amides is 1. The third-order valence-corrected chi connectivity index (χ3v) is 6.38. The highest BCUT2D eigenvalue weighted by molar-refractivity contribution is 7.92. The average molecular weight is 495 g/mol. The van der Waals surface area contributed by atoms with Gasteiger partial charge in [0.1, 0.15) is 24.3 Å². The van der Waals surface area contributed by atoms with Crippen LogP contribution in [0.25, 0.3) is 21.9 Å². The minimum Gasteiger partial charge on any atom is -0.593 e. The summed E-state index contributed by atoms with van der Waals surface area (Å²) >= 11 is -1.30. The molecular formula is C23H23FN8O2S. The number of fused-ring (bicyclic) bond motifs is 2. The first kappa shape index (κ1) is 22.9. The van der Waals surface area contributed by atoms with E-state index in [-0.39, 0.29) is 23.7 Å².